The molecule has 0 radical (unpaired) electrons. The van der Waals surface area contributed by atoms with Crippen LogP contribution in [0.1, 0.15) is 31.2 Å². The minimum absolute atomic E-state index is 0.241. The molecule has 0 unspecified atom stereocenters. The fraction of sp³-hybridized carbons (Fsp3) is 0.348. The van der Waals surface area contributed by atoms with Crippen molar-refractivity contribution in [3.8, 4) is 0 Å². The van der Waals surface area contributed by atoms with Gasteiger partial charge in [0.15, 0.2) is 0 Å². The first-order valence-corrected chi connectivity index (χ1v) is 10.9. The van der Waals surface area contributed by atoms with Crippen molar-refractivity contribution < 1.29 is 5.11 Å². The average Bonchev–Trinajstić information content (AvgIpc) is 2.77. The van der Waals surface area contributed by atoms with E-state index in [4.69, 9.17) is 16.6 Å². The summed E-state index contributed by atoms with van der Waals surface area (Å²) in [6, 6.07) is 15.3. The highest BCUT2D eigenvalue weighted by atomic mass is 16.2. The maximum Gasteiger partial charge on any atom is 0.233 e. The van der Waals surface area contributed by atoms with Gasteiger partial charge in [0.1, 0.15) is 0 Å². The van der Waals surface area contributed by atoms with Crippen molar-refractivity contribution in [3.63, 3.8) is 0 Å². The van der Waals surface area contributed by atoms with Gasteiger partial charge in [-0.1, -0.05) is 31.0 Å². The highest BCUT2D eigenvalue weighted by Crippen LogP contribution is 2.18. The summed E-state index contributed by atoms with van der Waals surface area (Å²) < 4.78 is 0. The normalized spacial score (nSPS) is 10.7. The van der Waals surface area contributed by atoms with Crippen LogP contribution in [0.25, 0.3) is 0 Å². The Bertz CT molecular complexity index is 964. The molecule has 9 heteroatoms. The Morgan fingerprint density at radius 1 is 0.719 bits per heavy atom. The van der Waals surface area contributed by atoms with Gasteiger partial charge in [-0.3, -0.25) is 0 Å². The van der Waals surface area contributed by atoms with Crippen LogP contribution in [0.4, 0.5) is 34.9 Å². The van der Waals surface area contributed by atoms with Crippen LogP contribution < -0.4 is 27.4 Å². The zero-order chi connectivity index (χ0) is 22.6. The van der Waals surface area contributed by atoms with Crippen LogP contribution in [0.5, 0.6) is 0 Å². The number of rotatable bonds is 13. The van der Waals surface area contributed by atoms with Crippen LogP contribution in [0, 0.1) is 0 Å². The first-order valence-electron chi connectivity index (χ1n) is 10.9. The Kier molecular flexibility index (Phi) is 8.88. The van der Waals surface area contributed by atoms with Gasteiger partial charge in [-0.25, -0.2) is 0 Å². The number of nitrogens with zero attached hydrogens (tertiary/aromatic N) is 3. The second-order valence-electron chi connectivity index (χ2n) is 7.54. The van der Waals surface area contributed by atoms with Gasteiger partial charge >= 0.3 is 0 Å². The molecule has 0 fully saturated rings. The van der Waals surface area contributed by atoms with Gasteiger partial charge in [0.05, 0.1) is 0 Å². The van der Waals surface area contributed by atoms with Crippen molar-refractivity contribution in [2.75, 3.05) is 47.1 Å². The molecular weight excluding hydrogens is 404 g/mol. The van der Waals surface area contributed by atoms with Crippen LogP contribution in [0.2, 0.25) is 0 Å². The lowest BCUT2D eigenvalue weighted by Crippen LogP contribution is -2.13. The van der Waals surface area contributed by atoms with Crippen LogP contribution in [-0.2, 0) is 6.42 Å². The number of nitrogens with one attached hydrogen (secondary N) is 3. The fourth-order valence-corrected chi connectivity index (χ4v) is 3.13. The van der Waals surface area contributed by atoms with Crippen molar-refractivity contribution in [3.05, 3.63) is 54.1 Å². The molecule has 0 saturated heterocycles. The third-order valence-electron chi connectivity index (χ3n) is 4.82. The summed E-state index contributed by atoms with van der Waals surface area (Å²) in [5.41, 5.74) is 15.0. The number of aromatic nitrogens is 3. The van der Waals surface area contributed by atoms with Crippen LogP contribution in [0.3, 0.4) is 0 Å². The number of nitrogen functional groups attached to an aromatic ring is 2. The van der Waals surface area contributed by atoms with E-state index in [1.54, 1.807) is 0 Å². The number of unbranched alkanes of at least 4 members (excludes halogenated alkanes) is 3. The standard InChI is InChI=1S/C23H32N8O/c24-18-10-8-17(9-11-18)12-14-27-22-29-21(26-13-3-1-2-4-15-32)30-23(31-22)28-20-7-5-6-19(25)16-20/h5-11,16,32H,1-4,12-15,24-25H2,(H3,26,27,28,29,30,31). The van der Waals surface area contributed by atoms with Crippen LogP contribution in [-0.4, -0.2) is 39.8 Å². The number of nitrogens with two attached hydrogens (primary N) is 2. The molecule has 3 aromatic rings. The fourth-order valence-electron chi connectivity index (χ4n) is 3.13. The minimum Gasteiger partial charge on any atom is -0.399 e. The van der Waals surface area contributed by atoms with Gasteiger partial charge in [0, 0.05) is 36.8 Å². The van der Waals surface area contributed by atoms with Crippen LogP contribution >= 0.6 is 0 Å². The topological polar surface area (TPSA) is 147 Å². The Balaban J connectivity index is 1.63. The third kappa shape index (κ3) is 7.92. The van der Waals surface area contributed by atoms with E-state index in [0.717, 1.165) is 50.0 Å². The van der Waals surface area contributed by atoms with E-state index in [1.165, 1.54) is 5.56 Å². The highest BCUT2D eigenvalue weighted by molar-refractivity contribution is 5.60. The van der Waals surface area contributed by atoms with E-state index < -0.39 is 0 Å². The number of anilines is 6. The molecule has 9 nitrogen and oxygen atoms in total. The van der Waals surface area contributed by atoms with Gasteiger partial charge in [0.25, 0.3) is 0 Å². The molecule has 170 valence electrons. The van der Waals surface area contributed by atoms with Crippen molar-refractivity contribution in [2.24, 2.45) is 0 Å². The molecule has 8 N–H and O–H groups in total. The van der Waals surface area contributed by atoms with E-state index in [9.17, 15) is 0 Å². The Labute approximate surface area is 188 Å². The summed E-state index contributed by atoms with van der Waals surface area (Å²) in [5, 5.41) is 18.6. The zero-order valence-corrected chi connectivity index (χ0v) is 18.2. The smallest absolute Gasteiger partial charge is 0.233 e. The Hall–Kier alpha value is -3.59. The average molecular weight is 437 g/mol. The summed E-state index contributed by atoms with van der Waals surface area (Å²) in [7, 11) is 0. The van der Waals surface area contributed by atoms with E-state index in [0.29, 0.717) is 30.1 Å². The summed E-state index contributed by atoms with van der Waals surface area (Å²) in [5.74, 6) is 1.43. The Morgan fingerprint density at radius 3 is 2.12 bits per heavy atom. The maximum atomic E-state index is 8.89. The summed E-state index contributed by atoms with van der Waals surface area (Å²) in [6.45, 7) is 1.66. The van der Waals surface area contributed by atoms with Gasteiger partial charge < -0.3 is 32.5 Å². The molecule has 2 aromatic carbocycles. The molecule has 0 atom stereocenters. The van der Waals surface area contributed by atoms with Gasteiger partial charge in [-0.2, -0.15) is 15.0 Å². The molecule has 1 heterocycles. The molecule has 0 bridgehead atoms. The lowest BCUT2D eigenvalue weighted by Gasteiger charge is -2.12. The largest absolute Gasteiger partial charge is 0.399 e. The predicted molar refractivity (Wildman–Crippen MR) is 131 cm³/mol. The number of aliphatic hydroxyl groups is 1. The van der Waals surface area contributed by atoms with Gasteiger partial charge in [0.2, 0.25) is 17.8 Å². The van der Waals surface area contributed by atoms with Gasteiger partial charge in [-0.05, 0) is 55.2 Å². The van der Waals surface area contributed by atoms with Crippen molar-refractivity contribution >= 4 is 34.9 Å². The van der Waals surface area contributed by atoms with E-state index in [-0.39, 0.29) is 6.61 Å². The number of benzene rings is 2. The molecule has 3 rings (SSSR count). The van der Waals surface area contributed by atoms with E-state index >= 15 is 0 Å². The molecule has 0 aliphatic rings. The highest BCUT2D eigenvalue weighted by Gasteiger charge is 2.07. The van der Waals surface area contributed by atoms with E-state index in [2.05, 4.69) is 30.9 Å². The van der Waals surface area contributed by atoms with Crippen molar-refractivity contribution in [1.82, 2.24) is 15.0 Å². The molecule has 32 heavy (non-hydrogen) atoms. The minimum atomic E-state index is 0.241. The quantitative estimate of drug-likeness (QED) is 0.175. The molecule has 0 spiro atoms. The molecule has 0 amide bonds. The summed E-state index contributed by atoms with van der Waals surface area (Å²) >= 11 is 0. The SMILES string of the molecule is Nc1ccc(CCNc2nc(NCCCCCCO)nc(Nc3cccc(N)c3)n2)cc1. The first-order chi connectivity index (χ1) is 15.6. The third-order valence-corrected chi connectivity index (χ3v) is 4.82. The second kappa shape index (κ2) is 12.3. The number of aliphatic hydroxyl groups excluding tert-OH is 1. The molecule has 0 saturated carbocycles. The lowest BCUT2D eigenvalue weighted by molar-refractivity contribution is 0.283. The first kappa shape index (κ1) is 23.1. The molecule has 0 aliphatic heterocycles. The molecular formula is C23H32N8O. The molecule has 0 aliphatic carbocycles. The molecule has 1 aromatic heterocycles. The maximum absolute atomic E-state index is 8.89. The number of hydrogen-bond donors (Lipinski definition) is 6. The van der Waals surface area contributed by atoms with Crippen LogP contribution in [0.15, 0.2) is 48.5 Å². The van der Waals surface area contributed by atoms with E-state index in [1.807, 2.05) is 48.5 Å². The Morgan fingerprint density at radius 2 is 1.41 bits per heavy atom. The van der Waals surface area contributed by atoms with Crippen molar-refractivity contribution in [1.29, 1.82) is 0 Å². The number of hydrogen-bond acceptors (Lipinski definition) is 9. The monoisotopic (exact) mass is 436 g/mol. The van der Waals surface area contributed by atoms with Gasteiger partial charge in [-0.15, -0.1) is 0 Å². The summed E-state index contributed by atoms with van der Waals surface area (Å²) in [4.78, 5) is 13.5. The predicted octanol–water partition coefficient (Wildman–Crippen LogP) is 3.40. The van der Waals surface area contributed by atoms with Crippen molar-refractivity contribution in [2.45, 2.75) is 32.1 Å². The second-order valence-corrected chi connectivity index (χ2v) is 7.54. The summed E-state index contributed by atoms with van der Waals surface area (Å²) in [6.07, 6.45) is 4.68. The lowest BCUT2D eigenvalue weighted by atomic mass is 10.1. The zero-order valence-electron chi connectivity index (χ0n) is 18.2.